The standard InChI is InChI=1S/C23H36N2O4S/c1-21(2,3)29-20(26)25-12-10-23(11-13-25)15-16-14-17(28-7)8-9-18(16)19(23)24-30(27)22(4,5)6/h8-9,14,19,24H,10-13,15H2,1-7H3/t19-,30?/m1/s1. The van der Waals surface area contributed by atoms with E-state index in [4.69, 9.17) is 9.47 Å². The van der Waals surface area contributed by atoms with E-state index in [2.05, 4.69) is 16.9 Å². The summed E-state index contributed by atoms with van der Waals surface area (Å²) in [7, 11) is 1.68. The van der Waals surface area contributed by atoms with Gasteiger partial charge in [0.1, 0.15) is 16.1 Å². The van der Waals surface area contributed by atoms with Gasteiger partial charge in [0.25, 0.3) is 0 Å². The topological polar surface area (TPSA) is 73.9 Å². The summed E-state index contributed by atoms with van der Waals surface area (Å²) in [5, 5.41) is 0. The van der Waals surface area contributed by atoms with E-state index in [1.165, 1.54) is 11.1 Å². The van der Waals surface area contributed by atoms with Gasteiger partial charge in [-0.2, -0.15) is 0 Å². The summed E-state index contributed by atoms with van der Waals surface area (Å²) in [6, 6.07) is 6.15. The molecule has 1 aromatic carbocycles. The Morgan fingerprint density at radius 3 is 2.37 bits per heavy atom. The van der Waals surface area contributed by atoms with E-state index in [0.717, 1.165) is 25.0 Å². The zero-order valence-electron chi connectivity index (χ0n) is 19.3. The van der Waals surface area contributed by atoms with Crippen molar-refractivity contribution in [2.24, 2.45) is 5.41 Å². The van der Waals surface area contributed by atoms with Crippen LogP contribution in [0.1, 0.15) is 71.6 Å². The summed E-state index contributed by atoms with van der Waals surface area (Å²) in [4.78, 5) is 14.3. The first-order valence-corrected chi connectivity index (χ1v) is 11.8. The molecule has 0 aromatic heterocycles. The van der Waals surface area contributed by atoms with Crippen LogP contribution in [-0.2, 0) is 22.5 Å². The number of carbonyl (C=O) groups excluding carboxylic acids is 1. The van der Waals surface area contributed by atoms with Crippen LogP contribution < -0.4 is 9.46 Å². The van der Waals surface area contributed by atoms with Gasteiger partial charge >= 0.3 is 6.09 Å². The minimum absolute atomic E-state index is 0.0146. The first-order valence-electron chi connectivity index (χ1n) is 10.7. The van der Waals surface area contributed by atoms with E-state index in [0.29, 0.717) is 13.1 Å². The molecule has 1 saturated heterocycles. The van der Waals surface area contributed by atoms with Crippen molar-refractivity contribution in [2.45, 2.75) is 77.2 Å². The number of nitrogens with one attached hydrogen (secondary N) is 1. The third kappa shape index (κ3) is 4.89. The maximum Gasteiger partial charge on any atom is 0.410 e. The number of methoxy groups -OCH3 is 1. The maximum absolute atomic E-state index is 13.0. The summed E-state index contributed by atoms with van der Waals surface area (Å²) >= 11 is -1.19. The Kier molecular flexibility index (Phi) is 6.38. The summed E-state index contributed by atoms with van der Waals surface area (Å²) in [6.07, 6.45) is 2.31. The van der Waals surface area contributed by atoms with E-state index in [9.17, 15) is 9.35 Å². The Hall–Kier alpha value is -1.44. The molecule has 1 heterocycles. The van der Waals surface area contributed by atoms with Crippen LogP contribution >= 0.6 is 0 Å². The highest BCUT2D eigenvalue weighted by molar-refractivity contribution is 7.90. The second kappa shape index (κ2) is 8.24. The van der Waals surface area contributed by atoms with Crippen LogP contribution in [0.3, 0.4) is 0 Å². The molecule has 2 aliphatic rings. The highest BCUT2D eigenvalue weighted by atomic mass is 32.2. The van der Waals surface area contributed by atoms with Gasteiger partial charge in [0.2, 0.25) is 0 Å². The Labute approximate surface area is 184 Å². The third-order valence-electron chi connectivity index (χ3n) is 6.01. The van der Waals surface area contributed by atoms with Crippen molar-refractivity contribution in [2.75, 3.05) is 20.2 Å². The molecular weight excluding hydrogens is 400 g/mol. The Morgan fingerprint density at radius 1 is 1.20 bits per heavy atom. The molecule has 0 bridgehead atoms. The molecule has 1 aliphatic heterocycles. The minimum atomic E-state index is -1.19. The molecule has 168 valence electrons. The van der Waals surface area contributed by atoms with E-state index in [-0.39, 0.29) is 22.3 Å². The van der Waals surface area contributed by atoms with Crippen molar-refractivity contribution in [3.8, 4) is 5.75 Å². The number of ether oxygens (including phenoxy) is 2. The van der Waals surface area contributed by atoms with Crippen molar-refractivity contribution >= 4 is 17.5 Å². The van der Waals surface area contributed by atoms with Gasteiger partial charge in [-0.05, 0) is 84.1 Å². The maximum atomic E-state index is 13.0. The number of fused-ring (bicyclic) bond motifs is 1. The minimum Gasteiger partial charge on any atom is -0.598 e. The molecule has 0 radical (unpaired) electrons. The normalized spacial score (nSPS) is 22.0. The van der Waals surface area contributed by atoms with Crippen LogP contribution in [0.2, 0.25) is 0 Å². The zero-order valence-corrected chi connectivity index (χ0v) is 20.1. The fraction of sp³-hybridized carbons (Fsp3) is 0.696. The second-order valence-corrected chi connectivity index (χ2v) is 12.5. The van der Waals surface area contributed by atoms with Crippen molar-refractivity contribution in [3.63, 3.8) is 0 Å². The molecule has 30 heavy (non-hydrogen) atoms. The lowest BCUT2D eigenvalue weighted by Crippen LogP contribution is -2.51. The molecule has 2 atom stereocenters. The molecule has 1 amide bonds. The molecule has 1 unspecified atom stereocenters. The molecule has 1 aliphatic carbocycles. The third-order valence-corrected chi connectivity index (χ3v) is 7.57. The Bertz CT molecular complexity index is 776. The average molecular weight is 437 g/mol. The number of carbonyl (C=O) groups is 1. The number of piperidine rings is 1. The lowest BCUT2D eigenvalue weighted by Gasteiger charge is -2.43. The Morgan fingerprint density at radius 2 is 1.83 bits per heavy atom. The quantitative estimate of drug-likeness (QED) is 0.713. The molecule has 1 aromatic rings. The Balaban J connectivity index is 1.83. The smallest absolute Gasteiger partial charge is 0.410 e. The van der Waals surface area contributed by atoms with Gasteiger partial charge in [0.15, 0.2) is 0 Å². The van der Waals surface area contributed by atoms with Crippen molar-refractivity contribution in [1.29, 1.82) is 0 Å². The fourth-order valence-electron chi connectivity index (χ4n) is 4.35. The van der Waals surface area contributed by atoms with E-state index >= 15 is 0 Å². The number of amides is 1. The number of likely N-dealkylation sites (tertiary alicyclic amines) is 1. The van der Waals surface area contributed by atoms with Gasteiger partial charge in [-0.15, -0.1) is 4.72 Å². The molecule has 1 spiro atoms. The first-order chi connectivity index (χ1) is 13.8. The van der Waals surface area contributed by atoms with Crippen molar-refractivity contribution < 1.29 is 18.8 Å². The van der Waals surface area contributed by atoms with Crippen LogP contribution in [0.15, 0.2) is 18.2 Å². The SMILES string of the molecule is COc1ccc2c(c1)CC1(CCN(C(=O)OC(C)(C)C)CC1)[C@@H]2N[S+]([O-])C(C)(C)C. The van der Waals surface area contributed by atoms with Crippen LogP contribution in [0.5, 0.6) is 5.75 Å². The number of nitrogens with zero attached hydrogens (tertiary/aromatic N) is 1. The van der Waals surface area contributed by atoms with Crippen LogP contribution in [0, 0.1) is 5.41 Å². The molecule has 1 N–H and O–H groups in total. The summed E-state index contributed by atoms with van der Waals surface area (Å²) in [5.41, 5.74) is 1.86. The van der Waals surface area contributed by atoms with E-state index < -0.39 is 17.0 Å². The van der Waals surface area contributed by atoms with Crippen LogP contribution in [0.25, 0.3) is 0 Å². The lowest BCUT2D eigenvalue weighted by atomic mass is 9.73. The number of hydrogen-bond donors (Lipinski definition) is 1. The highest BCUT2D eigenvalue weighted by Crippen LogP contribution is 2.53. The van der Waals surface area contributed by atoms with Crippen molar-refractivity contribution in [1.82, 2.24) is 9.62 Å². The molecule has 0 saturated carbocycles. The molecular formula is C23H36N2O4S. The van der Waals surface area contributed by atoms with Crippen molar-refractivity contribution in [3.05, 3.63) is 29.3 Å². The average Bonchev–Trinajstić information content (AvgIpc) is 2.92. The fourth-order valence-corrected chi connectivity index (χ4v) is 5.30. The molecule has 1 fully saturated rings. The number of hydrogen-bond acceptors (Lipinski definition) is 5. The summed E-state index contributed by atoms with van der Waals surface area (Å²) < 4.78 is 27.1. The summed E-state index contributed by atoms with van der Waals surface area (Å²) in [5.74, 6) is 0.840. The van der Waals surface area contributed by atoms with Gasteiger partial charge in [-0.1, -0.05) is 6.07 Å². The number of benzene rings is 1. The largest absolute Gasteiger partial charge is 0.598 e. The number of rotatable bonds is 3. The molecule has 7 heteroatoms. The highest BCUT2D eigenvalue weighted by Gasteiger charge is 2.51. The lowest BCUT2D eigenvalue weighted by molar-refractivity contribution is 0.00716. The van der Waals surface area contributed by atoms with E-state index in [1.54, 1.807) is 12.0 Å². The van der Waals surface area contributed by atoms with Gasteiger partial charge < -0.3 is 18.9 Å². The molecule has 3 rings (SSSR count). The summed E-state index contributed by atoms with van der Waals surface area (Å²) in [6.45, 7) is 12.9. The molecule has 6 nitrogen and oxygen atoms in total. The van der Waals surface area contributed by atoms with Gasteiger partial charge in [-0.3, -0.25) is 0 Å². The van der Waals surface area contributed by atoms with Crippen LogP contribution in [-0.4, -0.2) is 46.1 Å². The first kappa shape index (κ1) is 23.2. The van der Waals surface area contributed by atoms with Gasteiger partial charge in [-0.25, -0.2) is 4.79 Å². The van der Waals surface area contributed by atoms with Gasteiger partial charge in [0.05, 0.1) is 13.2 Å². The van der Waals surface area contributed by atoms with E-state index in [1.807, 2.05) is 47.6 Å². The van der Waals surface area contributed by atoms with Gasteiger partial charge in [0, 0.05) is 29.9 Å². The zero-order chi connectivity index (χ0) is 22.3. The predicted octanol–water partition coefficient (Wildman–Crippen LogP) is 4.36. The monoisotopic (exact) mass is 436 g/mol. The second-order valence-electron chi connectivity index (χ2n) is 10.5. The van der Waals surface area contributed by atoms with Crippen LogP contribution in [0.4, 0.5) is 4.79 Å². The predicted molar refractivity (Wildman–Crippen MR) is 120 cm³/mol.